The summed E-state index contributed by atoms with van der Waals surface area (Å²) in [5, 5.41) is 9.91. The highest BCUT2D eigenvalue weighted by atomic mass is 79.9. The molecule has 2 rings (SSSR count). The minimum atomic E-state index is -3.26. The Morgan fingerprint density at radius 3 is 2.24 bits per heavy atom. The zero-order chi connectivity index (χ0) is 18.8. The molecule has 0 amide bonds. The second kappa shape index (κ2) is 8.12. The number of benzene rings is 2. The summed E-state index contributed by atoms with van der Waals surface area (Å²) in [4.78, 5) is 9.32. The highest BCUT2D eigenvalue weighted by molar-refractivity contribution is 9.11. The average Bonchev–Trinajstić information content (AvgIpc) is 2.49. The van der Waals surface area contributed by atoms with Gasteiger partial charge in [-0.3, -0.25) is 4.57 Å². The lowest BCUT2D eigenvalue weighted by atomic mass is 10.0. The van der Waals surface area contributed by atoms with Gasteiger partial charge in [0.15, 0.2) is 12.1 Å². The van der Waals surface area contributed by atoms with Gasteiger partial charge in [0, 0.05) is 12.2 Å². The average molecular weight is 494 g/mol. The summed E-state index contributed by atoms with van der Waals surface area (Å²) in [5.41, 5.74) is 0.798. The highest BCUT2D eigenvalue weighted by Crippen LogP contribution is 2.42. The van der Waals surface area contributed by atoms with Crippen molar-refractivity contribution in [3.8, 4) is 23.0 Å². The van der Waals surface area contributed by atoms with E-state index in [1.165, 1.54) is 6.66 Å². The van der Waals surface area contributed by atoms with E-state index in [0.29, 0.717) is 26.2 Å². The van der Waals surface area contributed by atoms with Crippen molar-refractivity contribution in [2.45, 2.75) is 19.8 Å². The molecule has 0 aliphatic rings. The molecule has 0 bridgehead atoms. The van der Waals surface area contributed by atoms with Gasteiger partial charge in [-0.15, -0.1) is 0 Å². The van der Waals surface area contributed by atoms with Gasteiger partial charge in [0.25, 0.3) is 0 Å². The predicted octanol–water partition coefficient (Wildman–Crippen LogP) is 6.07. The van der Waals surface area contributed by atoms with E-state index in [-0.39, 0.29) is 18.0 Å². The largest absolute Gasteiger partial charge is 0.508 e. The molecule has 1 atom stereocenters. The van der Waals surface area contributed by atoms with E-state index in [1.54, 1.807) is 30.3 Å². The first-order valence-electron chi connectivity index (χ1n) is 7.48. The van der Waals surface area contributed by atoms with Crippen LogP contribution in [0.4, 0.5) is 0 Å². The molecule has 25 heavy (non-hydrogen) atoms. The number of hydrogen-bond donors (Lipinski definition) is 2. The van der Waals surface area contributed by atoms with Gasteiger partial charge in [0.05, 0.1) is 8.95 Å². The summed E-state index contributed by atoms with van der Waals surface area (Å²) in [7, 11) is -3.26. The monoisotopic (exact) mass is 492 g/mol. The lowest BCUT2D eigenvalue weighted by molar-refractivity contribution is 0.351. The number of aromatic hydroxyl groups is 1. The molecule has 0 saturated heterocycles. The zero-order valence-corrected chi connectivity index (χ0v) is 18.1. The van der Waals surface area contributed by atoms with Gasteiger partial charge in [0.1, 0.15) is 17.2 Å². The second-order valence-electron chi connectivity index (χ2n) is 6.02. The van der Waals surface area contributed by atoms with Crippen LogP contribution in [0.3, 0.4) is 0 Å². The number of halogens is 2. The number of rotatable bonds is 6. The van der Waals surface area contributed by atoms with E-state index < -0.39 is 7.37 Å². The minimum Gasteiger partial charge on any atom is -0.508 e. The van der Waals surface area contributed by atoms with Gasteiger partial charge in [-0.2, -0.15) is 0 Å². The van der Waals surface area contributed by atoms with Crippen molar-refractivity contribution < 1.29 is 24.0 Å². The fraction of sp³-hybridized carbons (Fsp3) is 0.294. The lowest BCUT2D eigenvalue weighted by Gasteiger charge is -2.15. The van der Waals surface area contributed by atoms with E-state index in [1.807, 2.05) is 13.8 Å². The van der Waals surface area contributed by atoms with E-state index in [4.69, 9.17) is 9.47 Å². The smallest absolute Gasteiger partial charge is 0.233 e. The molecule has 5 nitrogen and oxygen atoms in total. The SMILES string of the molecule is CC(C)c1cc(Oc2c(Br)cc(OCP(C)(=O)O)cc2Br)ccc1O. The molecule has 136 valence electrons. The van der Waals surface area contributed by atoms with Crippen LogP contribution >= 0.6 is 39.2 Å². The first-order valence-corrected chi connectivity index (χ1v) is 11.4. The van der Waals surface area contributed by atoms with Gasteiger partial charge in [-0.05, 0) is 68.1 Å². The third-order valence-corrected chi connectivity index (χ3v) is 5.07. The van der Waals surface area contributed by atoms with E-state index in [0.717, 1.165) is 5.56 Å². The van der Waals surface area contributed by atoms with Gasteiger partial charge in [0.2, 0.25) is 7.37 Å². The molecule has 2 aromatic rings. The summed E-state index contributed by atoms with van der Waals surface area (Å²) in [6, 6.07) is 8.41. The summed E-state index contributed by atoms with van der Waals surface area (Å²) in [6.07, 6.45) is -0.262. The minimum absolute atomic E-state index is 0.162. The van der Waals surface area contributed by atoms with Gasteiger partial charge >= 0.3 is 0 Å². The molecule has 0 aliphatic carbocycles. The van der Waals surface area contributed by atoms with Crippen molar-refractivity contribution in [1.82, 2.24) is 0 Å². The quantitative estimate of drug-likeness (QED) is 0.477. The molecule has 0 spiro atoms. The maximum atomic E-state index is 11.3. The Bertz CT molecular complexity index is 794. The van der Waals surface area contributed by atoms with Crippen molar-refractivity contribution in [3.05, 3.63) is 44.8 Å². The van der Waals surface area contributed by atoms with E-state index >= 15 is 0 Å². The van der Waals surface area contributed by atoms with Crippen LogP contribution in [0.1, 0.15) is 25.3 Å². The van der Waals surface area contributed by atoms with Crippen molar-refractivity contribution in [3.63, 3.8) is 0 Å². The molecule has 2 aromatic carbocycles. The van der Waals surface area contributed by atoms with Crippen molar-refractivity contribution in [2.75, 3.05) is 13.0 Å². The molecule has 2 N–H and O–H groups in total. The van der Waals surface area contributed by atoms with Crippen molar-refractivity contribution in [2.24, 2.45) is 0 Å². The van der Waals surface area contributed by atoms with Crippen LogP contribution in [0.2, 0.25) is 0 Å². The van der Waals surface area contributed by atoms with Gasteiger partial charge in [-0.1, -0.05) is 13.8 Å². The Hall–Kier alpha value is -1.01. The number of phenolic OH excluding ortho intramolecular Hbond substituents is 1. The van der Waals surface area contributed by atoms with Crippen LogP contribution in [0.15, 0.2) is 39.3 Å². The van der Waals surface area contributed by atoms with Gasteiger partial charge in [-0.25, -0.2) is 0 Å². The highest BCUT2D eigenvalue weighted by Gasteiger charge is 2.15. The molecule has 0 aliphatic heterocycles. The molecule has 0 heterocycles. The normalized spacial score (nSPS) is 13.6. The second-order valence-corrected chi connectivity index (χ2v) is 10.1. The van der Waals surface area contributed by atoms with Crippen LogP contribution in [0, 0.1) is 0 Å². The Morgan fingerprint density at radius 2 is 1.72 bits per heavy atom. The third-order valence-electron chi connectivity index (χ3n) is 3.28. The summed E-state index contributed by atoms with van der Waals surface area (Å²) in [6.45, 7) is 5.22. The lowest BCUT2D eigenvalue weighted by Crippen LogP contribution is -1.98. The molecule has 0 radical (unpaired) electrons. The molecule has 0 saturated carbocycles. The Morgan fingerprint density at radius 1 is 1.12 bits per heavy atom. The van der Waals surface area contributed by atoms with Crippen molar-refractivity contribution in [1.29, 1.82) is 0 Å². The van der Waals surface area contributed by atoms with E-state index in [9.17, 15) is 14.6 Å². The zero-order valence-electron chi connectivity index (χ0n) is 14.0. The van der Waals surface area contributed by atoms with E-state index in [2.05, 4.69) is 31.9 Å². The number of phenols is 1. The Kier molecular flexibility index (Phi) is 6.60. The maximum Gasteiger partial charge on any atom is 0.233 e. The standard InChI is InChI=1S/C17H19Br2O5P/c1-10(2)13-6-11(4-5-16(13)20)24-17-14(18)7-12(8-15(17)19)23-9-25(3,21)22/h4-8,10,20H,9H2,1-3H3,(H,21,22). The Balaban J connectivity index is 2.26. The molecular weight excluding hydrogens is 475 g/mol. The van der Waals surface area contributed by atoms with Crippen molar-refractivity contribution >= 4 is 39.2 Å². The summed E-state index contributed by atoms with van der Waals surface area (Å²) in [5.74, 6) is 1.96. The predicted molar refractivity (Wildman–Crippen MR) is 105 cm³/mol. The van der Waals surface area contributed by atoms with Crippen LogP contribution in [-0.2, 0) is 4.57 Å². The number of hydrogen-bond acceptors (Lipinski definition) is 4. The fourth-order valence-electron chi connectivity index (χ4n) is 2.09. The first kappa shape index (κ1) is 20.3. The van der Waals surface area contributed by atoms with Crippen LogP contribution < -0.4 is 9.47 Å². The molecule has 0 aromatic heterocycles. The van der Waals surface area contributed by atoms with Gasteiger partial charge < -0.3 is 19.5 Å². The molecule has 8 heteroatoms. The Labute approximate surface area is 163 Å². The fourth-order valence-corrected chi connectivity index (χ4v) is 3.78. The number of ether oxygens (including phenoxy) is 2. The third kappa shape index (κ3) is 5.74. The van der Waals surface area contributed by atoms with Crippen LogP contribution in [-0.4, -0.2) is 23.0 Å². The molecule has 1 unspecified atom stereocenters. The van der Waals surface area contributed by atoms with Crippen LogP contribution in [0.25, 0.3) is 0 Å². The summed E-state index contributed by atoms with van der Waals surface area (Å²) < 4.78 is 23.9. The summed E-state index contributed by atoms with van der Waals surface area (Å²) >= 11 is 6.84. The molecule has 0 fully saturated rings. The van der Waals surface area contributed by atoms with Crippen LogP contribution in [0.5, 0.6) is 23.0 Å². The first-order chi connectivity index (χ1) is 11.6. The topological polar surface area (TPSA) is 76.0 Å². The maximum absolute atomic E-state index is 11.3. The molecular formula is C17H19Br2O5P.